The molecule has 1 rings (SSSR count). The van der Waals surface area contributed by atoms with Crippen LogP contribution in [0.3, 0.4) is 0 Å². The summed E-state index contributed by atoms with van der Waals surface area (Å²) >= 11 is 3.40. The molecule has 0 bridgehead atoms. The molecular weight excluding hydrogens is 246 g/mol. The summed E-state index contributed by atoms with van der Waals surface area (Å²) in [6.07, 6.45) is 0. The van der Waals surface area contributed by atoms with Gasteiger partial charge in [0.1, 0.15) is 0 Å². The summed E-state index contributed by atoms with van der Waals surface area (Å²) in [5.74, 6) is 0.659. The summed E-state index contributed by atoms with van der Waals surface area (Å²) in [5.41, 5.74) is 1.09. The van der Waals surface area contributed by atoms with Crippen molar-refractivity contribution in [2.75, 3.05) is 21.2 Å². The molecule has 78 valence electrons. The quantitative estimate of drug-likeness (QED) is 0.904. The molecule has 0 fully saturated rings. The monoisotopic (exact) mass is 259 g/mol. The lowest BCUT2D eigenvalue weighted by Gasteiger charge is -2.13. The molecule has 14 heavy (non-hydrogen) atoms. The standard InChI is InChI=1S/C10H14BrNO2/c1-12(2)6-7-4-10(14-3)9(13)5-8(7)11/h4-5,13H,6H2,1-3H3. The number of ether oxygens (including phenoxy) is 1. The van der Waals surface area contributed by atoms with Gasteiger partial charge in [-0.2, -0.15) is 0 Å². The molecule has 3 nitrogen and oxygen atoms in total. The summed E-state index contributed by atoms with van der Waals surface area (Å²) in [6, 6.07) is 3.48. The van der Waals surface area contributed by atoms with Crippen LogP contribution in [-0.4, -0.2) is 31.2 Å². The lowest BCUT2D eigenvalue weighted by molar-refractivity contribution is 0.368. The summed E-state index contributed by atoms with van der Waals surface area (Å²) in [4.78, 5) is 2.05. The van der Waals surface area contributed by atoms with Gasteiger partial charge in [0.25, 0.3) is 0 Å². The fourth-order valence-electron chi connectivity index (χ4n) is 1.21. The van der Waals surface area contributed by atoms with Crippen molar-refractivity contribution in [3.8, 4) is 11.5 Å². The van der Waals surface area contributed by atoms with Gasteiger partial charge in [-0.3, -0.25) is 0 Å². The Morgan fingerprint density at radius 1 is 1.43 bits per heavy atom. The van der Waals surface area contributed by atoms with Gasteiger partial charge in [0.05, 0.1) is 7.11 Å². The maximum absolute atomic E-state index is 9.48. The third-order valence-corrected chi connectivity index (χ3v) is 2.57. The maximum atomic E-state index is 9.48. The maximum Gasteiger partial charge on any atom is 0.160 e. The normalized spacial score (nSPS) is 10.6. The summed E-state index contributed by atoms with van der Waals surface area (Å²) in [6.45, 7) is 0.803. The predicted octanol–water partition coefficient (Wildman–Crippen LogP) is 2.22. The summed E-state index contributed by atoms with van der Waals surface area (Å²) in [5, 5.41) is 9.48. The molecule has 0 heterocycles. The molecule has 1 aromatic carbocycles. The Morgan fingerprint density at radius 3 is 2.57 bits per heavy atom. The number of nitrogens with zero attached hydrogens (tertiary/aromatic N) is 1. The second-order valence-corrected chi connectivity index (χ2v) is 4.21. The summed E-state index contributed by atoms with van der Waals surface area (Å²) in [7, 11) is 5.53. The molecule has 0 aliphatic heterocycles. The van der Waals surface area contributed by atoms with Crippen LogP contribution in [0.15, 0.2) is 16.6 Å². The average molecular weight is 260 g/mol. The van der Waals surface area contributed by atoms with Gasteiger partial charge in [0.15, 0.2) is 11.5 Å². The van der Waals surface area contributed by atoms with Crippen LogP contribution in [0.4, 0.5) is 0 Å². The molecular formula is C10H14BrNO2. The number of hydrogen-bond donors (Lipinski definition) is 1. The molecule has 0 unspecified atom stereocenters. The van der Waals surface area contributed by atoms with Crippen LogP contribution >= 0.6 is 15.9 Å². The minimum absolute atomic E-state index is 0.155. The molecule has 4 heteroatoms. The number of hydrogen-bond acceptors (Lipinski definition) is 3. The highest BCUT2D eigenvalue weighted by molar-refractivity contribution is 9.10. The minimum Gasteiger partial charge on any atom is -0.504 e. The van der Waals surface area contributed by atoms with Crippen LogP contribution in [-0.2, 0) is 6.54 Å². The number of aromatic hydroxyl groups is 1. The van der Waals surface area contributed by atoms with Gasteiger partial charge in [0, 0.05) is 11.0 Å². The van der Waals surface area contributed by atoms with Crippen LogP contribution in [0.2, 0.25) is 0 Å². The Kier molecular flexibility index (Phi) is 3.77. The zero-order valence-electron chi connectivity index (χ0n) is 8.54. The first kappa shape index (κ1) is 11.3. The van der Waals surface area contributed by atoms with E-state index >= 15 is 0 Å². The molecule has 0 saturated carbocycles. The first-order valence-corrected chi connectivity index (χ1v) is 5.04. The topological polar surface area (TPSA) is 32.7 Å². The molecule has 0 amide bonds. The average Bonchev–Trinajstić information content (AvgIpc) is 2.09. The molecule has 0 aromatic heterocycles. The van der Waals surface area contributed by atoms with E-state index < -0.39 is 0 Å². The van der Waals surface area contributed by atoms with Crippen LogP contribution in [0.5, 0.6) is 11.5 Å². The fraction of sp³-hybridized carbons (Fsp3) is 0.400. The van der Waals surface area contributed by atoms with E-state index in [1.165, 1.54) is 0 Å². The van der Waals surface area contributed by atoms with Crippen LogP contribution in [0.25, 0.3) is 0 Å². The molecule has 0 radical (unpaired) electrons. The van der Waals surface area contributed by atoms with E-state index in [1.807, 2.05) is 20.2 Å². The van der Waals surface area contributed by atoms with Crippen molar-refractivity contribution in [2.24, 2.45) is 0 Å². The van der Waals surface area contributed by atoms with Crippen molar-refractivity contribution in [2.45, 2.75) is 6.54 Å². The van der Waals surface area contributed by atoms with E-state index in [0.717, 1.165) is 16.6 Å². The highest BCUT2D eigenvalue weighted by Gasteiger charge is 2.08. The van der Waals surface area contributed by atoms with Crippen LogP contribution < -0.4 is 4.74 Å². The smallest absolute Gasteiger partial charge is 0.160 e. The molecule has 1 aromatic rings. The Hall–Kier alpha value is -0.740. The van der Waals surface area contributed by atoms with Gasteiger partial charge < -0.3 is 14.7 Å². The zero-order chi connectivity index (χ0) is 10.7. The number of methoxy groups -OCH3 is 1. The molecule has 0 aliphatic rings. The first-order valence-electron chi connectivity index (χ1n) is 4.24. The SMILES string of the molecule is COc1cc(CN(C)C)c(Br)cc1O. The van der Waals surface area contributed by atoms with E-state index in [0.29, 0.717) is 5.75 Å². The minimum atomic E-state index is 0.155. The lowest BCUT2D eigenvalue weighted by atomic mass is 10.2. The number of phenols is 1. The Bertz CT molecular complexity index is 326. The number of phenolic OH excluding ortho intramolecular Hbond substituents is 1. The van der Waals surface area contributed by atoms with Crippen molar-refractivity contribution >= 4 is 15.9 Å². The third kappa shape index (κ3) is 2.62. The Balaban J connectivity index is 3.04. The first-order chi connectivity index (χ1) is 6.54. The van der Waals surface area contributed by atoms with Crippen molar-refractivity contribution in [1.29, 1.82) is 0 Å². The highest BCUT2D eigenvalue weighted by atomic mass is 79.9. The zero-order valence-corrected chi connectivity index (χ0v) is 10.1. The lowest BCUT2D eigenvalue weighted by Crippen LogP contribution is -2.11. The van der Waals surface area contributed by atoms with Crippen molar-refractivity contribution < 1.29 is 9.84 Å². The molecule has 0 aliphatic carbocycles. The van der Waals surface area contributed by atoms with E-state index in [-0.39, 0.29) is 5.75 Å². The Labute approximate surface area is 92.4 Å². The van der Waals surface area contributed by atoms with Crippen molar-refractivity contribution in [1.82, 2.24) is 4.90 Å². The van der Waals surface area contributed by atoms with E-state index in [1.54, 1.807) is 13.2 Å². The third-order valence-electron chi connectivity index (χ3n) is 1.83. The van der Waals surface area contributed by atoms with Gasteiger partial charge in [-0.1, -0.05) is 15.9 Å². The second-order valence-electron chi connectivity index (χ2n) is 3.35. The van der Waals surface area contributed by atoms with Crippen molar-refractivity contribution in [3.63, 3.8) is 0 Å². The number of benzene rings is 1. The van der Waals surface area contributed by atoms with E-state index in [9.17, 15) is 5.11 Å². The molecule has 1 N–H and O–H groups in total. The van der Waals surface area contributed by atoms with Gasteiger partial charge in [-0.25, -0.2) is 0 Å². The largest absolute Gasteiger partial charge is 0.504 e. The second kappa shape index (κ2) is 4.66. The summed E-state index contributed by atoms with van der Waals surface area (Å²) < 4.78 is 5.93. The number of rotatable bonds is 3. The van der Waals surface area contributed by atoms with Gasteiger partial charge in [-0.05, 0) is 31.8 Å². The predicted molar refractivity (Wildman–Crippen MR) is 59.7 cm³/mol. The highest BCUT2D eigenvalue weighted by Crippen LogP contribution is 2.32. The van der Waals surface area contributed by atoms with Gasteiger partial charge in [-0.15, -0.1) is 0 Å². The van der Waals surface area contributed by atoms with Crippen molar-refractivity contribution in [3.05, 3.63) is 22.2 Å². The molecule has 0 spiro atoms. The fourth-order valence-corrected chi connectivity index (χ4v) is 1.67. The van der Waals surface area contributed by atoms with Gasteiger partial charge in [0.2, 0.25) is 0 Å². The van der Waals surface area contributed by atoms with E-state index in [4.69, 9.17) is 4.74 Å². The van der Waals surface area contributed by atoms with Gasteiger partial charge >= 0.3 is 0 Å². The van der Waals surface area contributed by atoms with E-state index in [2.05, 4.69) is 20.8 Å². The number of halogens is 1. The van der Waals surface area contributed by atoms with Crippen LogP contribution in [0.1, 0.15) is 5.56 Å². The molecule has 0 saturated heterocycles. The van der Waals surface area contributed by atoms with Crippen LogP contribution in [0, 0.1) is 0 Å². The Morgan fingerprint density at radius 2 is 2.07 bits per heavy atom. The molecule has 0 atom stereocenters.